The number of hydrogen-bond acceptors (Lipinski definition) is 1. The van der Waals surface area contributed by atoms with E-state index in [-0.39, 0.29) is 0 Å². The Kier molecular flexibility index (Phi) is 2.09. The Morgan fingerprint density at radius 2 is 1.93 bits per heavy atom. The molecule has 0 fully saturated rings. The average molecular weight is 197 g/mol. The monoisotopic (exact) mass is 197 g/mol. The fourth-order valence-corrected chi connectivity index (χ4v) is 2.38. The van der Waals surface area contributed by atoms with Crippen LogP contribution in [0.1, 0.15) is 25.7 Å². The molecule has 1 heterocycles. The summed E-state index contributed by atoms with van der Waals surface area (Å²) in [6.07, 6.45) is 18.1. The number of nitrogens with one attached hydrogen (secondary N) is 1. The van der Waals surface area contributed by atoms with Crippen molar-refractivity contribution in [1.29, 1.82) is 0 Å². The molecule has 76 valence electrons. The largest absolute Gasteiger partial charge is 0.358 e. The van der Waals surface area contributed by atoms with Crippen LogP contribution in [0.5, 0.6) is 0 Å². The molecule has 0 bridgehead atoms. The predicted octanol–water partition coefficient (Wildman–Crippen LogP) is 3.35. The van der Waals surface area contributed by atoms with Crippen molar-refractivity contribution in [2.24, 2.45) is 0 Å². The zero-order chi connectivity index (χ0) is 10.1. The Morgan fingerprint density at radius 3 is 2.93 bits per heavy atom. The highest BCUT2D eigenvalue weighted by Crippen LogP contribution is 2.31. The van der Waals surface area contributed by atoms with Gasteiger partial charge in [-0.2, -0.15) is 0 Å². The second-order valence-electron chi connectivity index (χ2n) is 4.26. The van der Waals surface area contributed by atoms with Crippen molar-refractivity contribution in [3.63, 3.8) is 0 Å². The van der Waals surface area contributed by atoms with Crippen molar-refractivity contribution in [3.8, 4) is 0 Å². The summed E-state index contributed by atoms with van der Waals surface area (Å²) >= 11 is 0. The Balaban J connectivity index is 2.03. The molecular weight excluding hydrogens is 182 g/mol. The molecule has 3 aliphatic rings. The van der Waals surface area contributed by atoms with Gasteiger partial charge in [0.05, 0.1) is 0 Å². The second kappa shape index (κ2) is 3.58. The van der Waals surface area contributed by atoms with Gasteiger partial charge in [0.1, 0.15) is 0 Å². The van der Waals surface area contributed by atoms with Gasteiger partial charge < -0.3 is 5.32 Å². The van der Waals surface area contributed by atoms with Gasteiger partial charge in [0, 0.05) is 11.4 Å². The lowest BCUT2D eigenvalue weighted by Gasteiger charge is -2.26. The van der Waals surface area contributed by atoms with Crippen molar-refractivity contribution in [1.82, 2.24) is 5.32 Å². The quantitative estimate of drug-likeness (QED) is 0.628. The fraction of sp³-hybridized carbons (Fsp3) is 0.286. The molecule has 0 amide bonds. The van der Waals surface area contributed by atoms with Crippen LogP contribution in [0.3, 0.4) is 0 Å². The van der Waals surface area contributed by atoms with Gasteiger partial charge >= 0.3 is 0 Å². The zero-order valence-electron chi connectivity index (χ0n) is 8.79. The first-order valence-corrected chi connectivity index (χ1v) is 5.70. The maximum atomic E-state index is 3.57. The van der Waals surface area contributed by atoms with Crippen LogP contribution >= 0.6 is 0 Å². The van der Waals surface area contributed by atoms with E-state index >= 15 is 0 Å². The highest BCUT2D eigenvalue weighted by atomic mass is 14.9. The molecule has 0 aromatic rings. The molecule has 3 rings (SSSR count). The Hall–Kier alpha value is -1.50. The molecule has 0 aromatic carbocycles. The van der Waals surface area contributed by atoms with Crippen LogP contribution < -0.4 is 5.32 Å². The minimum Gasteiger partial charge on any atom is -0.358 e. The van der Waals surface area contributed by atoms with Crippen molar-refractivity contribution < 1.29 is 0 Å². The number of hydrogen-bond donors (Lipinski definition) is 1. The Morgan fingerprint density at radius 1 is 1.00 bits per heavy atom. The van der Waals surface area contributed by atoms with E-state index in [1.54, 1.807) is 0 Å². The molecule has 0 radical (unpaired) electrons. The maximum Gasteiger partial charge on any atom is 0.0455 e. The van der Waals surface area contributed by atoms with E-state index in [1.807, 2.05) is 0 Å². The molecule has 0 atom stereocenters. The molecule has 0 unspecified atom stereocenters. The normalized spacial score (nSPS) is 23.5. The first-order chi connectivity index (χ1) is 7.43. The Labute approximate surface area is 90.6 Å². The Bertz CT molecular complexity index is 430. The van der Waals surface area contributed by atoms with E-state index < -0.39 is 0 Å². The molecule has 0 spiro atoms. The highest BCUT2D eigenvalue weighted by molar-refractivity contribution is 5.53. The summed E-state index contributed by atoms with van der Waals surface area (Å²) in [6.45, 7) is 0. The summed E-state index contributed by atoms with van der Waals surface area (Å²) in [5, 5.41) is 3.57. The molecular formula is C14H15N. The summed E-state index contributed by atoms with van der Waals surface area (Å²) in [7, 11) is 0. The van der Waals surface area contributed by atoms with Gasteiger partial charge in [-0.3, -0.25) is 0 Å². The van der Waals surface area contributed by atoms with Crippen LogP contribution in [-0.4, -0.2) is 0 Å². The SMILES string of the molecule is C1=CC=C2NC3=C(C=C2C=C1)CCCC3. The molecule has 1 heteroatoms. The number of fused-ring (bicyclic) bond motifs is 1. The van der Waals surface area contributed by atoms with E-state index in [0.29, 0.717) is 0 Å². The van der Waals surface area contributed by atoms with Gasteiger partial charge in [-0.05, 0) is 49.0 Å². The zero-order valence-corrected chi connectivity index (χ0v) is 8.79. The van der Waals surface area contributed by atoms with Crippen LogP contribution in [0.4, 0.5) is 0 Å². The van der Waals surface area contributed by atoms with Crippen molar-refractivity contribution in [2.45, 2.75) is 25.7 Å². The van der Waals surface area contributed by atoms with Crippen molar-refractivity contribution in [3.05, 3.63) is 59.0 Å². The van der Waals surface area contributed by atoms with Gasteiger partial charge in [-0.25, -0.2) is 0 Å². The molecule has 0 saturated heterocycles. The topological polar surface area (TPSA) is 12.0 Å². The lowest BCUT2D eigenvalue weighted by Crippen LogP contribution is -2.21. The lowest BCUT2D eigenvalue weighted by molar-refractivity contribution is 0.644. The molecule has 0 saturated carbocycles. The van der Waals surface area contributed by atoms with Crippen molar-refractivity contribution in [2.75, 3.05) is 0 Å². The molecule has 1 aliphatic heterocycles. The van der Waals surface area contributed by atoms with Gasteiger partial charge in [-0.1, -0.05) is 24.3 Å². The summed E-state index contributed by atoms with van der Waals surface area (Å²) in [5.41, 5.74) is 5.53. The maximum absolute atomic E-state index is 3.57. The number of dihydropyridines is 1. The molecule has 2 aliphatic carbocycles. The smallest absolute Gasteiger partial charge is 0.0455 e. The third kappa shape index (κ3) is 1.58. The predicted molar refractivity (Wildman–Crippen MR) is 63.1 cm³/mol. The summed E-state index contributed by atoms with van der Waals surface area (Å²) in [5.74, 6) is 0. The van der Waals surface area contributed by atoms with E-state index in [9.17, 15) is 0 Å². The minimum absolute atomic E-state index is 1.21. The second-order valence-corrected chi connectivity index (χ2v) is 4.26. The average Bonchev–Trinajstić information content (AvgIpc) is 2.50. The first kappa shape index (κ1) is 8.78. The fourth-order valence-electron chi connectivity index (χ4n) is 2.38. The summed E-state index contributed by atoms with van der Waals surface area (Å²) in [6, 6.07) is 0. The van der Waals surface area contributed by atoms with Crippen LogP contribution in [-0.2, 0) is 0 Å². The number of rotatable bonds is 0. The van der Waals surface area contributed by atoms with E-state index in [4.69, 9.17) is 0 Å². The van der Waals surface area contributed by atoms with E-state index in [1.165, 1.54) is 48.2 Å². The van der Waals surface area contributed by atoms with Gasteiger partial charge in [0.2, 0.25) is 0 Å². The van der Waals surface area contributed by atoms with E-state index in [2.05, 4.69) is 41.8 Å². The lowest BCUT2D eigenvalue weighted by atomic mass is 9.91. The molecule has 1 nitrogen and oxygen atoms in total. The number of allylic oxidation sites excluding steroid dienone is 8. The molecule has 0 aromatic heterocycles. The third-order valence-electron chi connectivity index (χ3n) is 3.20. The van der Waals surface area contributed by atoms with E-state index in [0.717, 1.165) is 0 Å². The van der Waals surface area contributed by atoms with Crippen molar-refractivity contribution >= 4 is 0 Å². The van der Waals surface area contributed by atoms with Gasteiger partial charge in [0.15, 0.2) is 0 Å². The highest BCUT2D eigenvalue weighted by Gasteiger charge is 2.18. The molecule has 15 heavy (non-hydrogen) atoms. The summed E-state index contributed by atoms with van der Waals surface area (Å²) < 4.78 is 0. The third-order valence-corrected chi connectivity index (χ3v) is 3.20. The van der Waals surface area contributed by atoms with Gasteiger partial charge in [0.25, 0.3) is 0 Å². The van der Waals surface area contributed by atoms with Crippen LogP contribution in [0.2, 0.25) is 0 Å². The molecule has 1 N–H and O–H groups in total. The minimum atomic E-state index is 1.21. The van der Waals surface area contributed by atoms with Crippen LogP contribution in [0, 0.1) is 0 Å². The summed E-state index contributed by atoms with van der Waals surface area (Å²) in [4.78, 5) is 0. The van der Waals surface area contributed by atoms with Crippen LogP contribution in [0.25, 0.3) is 0 Å². The first-order valence-electron chi connectivity index (χ1n) is 5.70. The van der Waals surface area contributed by atoms with Crippen LogP contribution in [0.15, 0.2) is 59.0 Å². The van der Waals surface area contributed by atoms with Gasteiger partial charge in [-0.15, -0.1) is 0 Å². The standard InChI is InChI=1S/C14H15N/c1-2-6-11-10-12-7-4-5-9-14(12)15-13(11)8-3-1/h1-3,6,8,10,15H,4-5,7,9H2.